The molecule has 0 amide bonds. The molecule has 3 N–H and O–H groups in total. The average Bonchev–Trinajstić information content (AvgIpc) is 1.51. The first-order chi connectivity index (χ1) is 46.4. The van der Waals surface area contributed by atoms with Gasteiger partial charge in [0.15, 0.2) is 12.2 Å². The van der Waals surface area contributed by atoms with Crippen molar-refractivity contribution in [2.45, 2.75) is 419 Å². The number of phosphoric acid groups is 2. The van der Waals surface area contributed by atoms with Gasteiger partial charge in [-0.3, -0.25) is 37.3 Å². The second-order valence-electron chi connectivity index (χ2n) is 28.5. The van der Waals surface area contributed by atoms with Crippen LogP contribution in [0.5, 0.6) is 0 Å². The normalized spacial score (nSPS) is 14.3. The van der Waals surface area contributed by atoms with E-state index in [-0.39, 0.29) is 25.7 Å². The van der Waals surface area contributed by atoms with Gasteiger partial charge < -0.3 is 33.8 Å². The lowest BCUT2D eigenvalue weighted by Crippen LogP contribution is -2.30. The van der Waals surface area contributed by atoms with E-state index < -0.39 is 97.5 Å². The lowest BCUT2D eigenvalue weighted by Gasteiger charge is -2.21. The molecule has 0 radical (unpaired) electrons. The molecule has 0 fully saturated rings. The Hall–Kier alpha value is -1.94. The molecule has 3 unspecified atom stereocenters. The van der Waals surface area contributed by atoms with E-state index >= 15 is 0 Å². The van der Waals surface area contributed by atoms with Gasteiger partial charge >= 0.3 is 39.5 Å². The lowest BCUT2D eigenvalue weighted by molar-refractivity contribution is -0.161. The van der Waals surface area contributed by atoms with Crippen LogP contribution in [0, 0.1) is 11.8 Å². The Morgan fingerprint density at radius 3 is 0.792 bits per heavy atom. The maximum Gasteiger partial charge on any atom is 0.472 e. The quantitative estimate of drug-likeness (QED) is 0.0222. The number of aliphatic hydroxyl groups is 1. The zero-order chi connectivity index (χ0) is 70.7. The average molecular weight is 1410 g/mol. The summed E-state index contributed by atoms with van der Waals surface area (Å²) in [5.74, 6) is -0.579. The first kappa shape index (κ1) is 94.1. The smallest absolute Gasteiger partial charge is 0.462 e. The maximum absolute atomic E-state index is 13.1. The fourth-order valence-corrected chi connectivity index (χ4v) is 13.4. The molecular formula is C77H150O17P2. The van der Waals surface area contributed by atoms with Crippen LogP contribution in [0.3, 0.4) is 0 Å². The number of unbranched alkanes of at least 4 members (excludes halogenated alkanes) is 45. The molecule has 0 aliphatic carbocycles. The summed E-state index contributed by atoms with van der Waals surface area (Å²) in [7, 11) is -9.91. The topological polar surface area (TPSA) is 237 Å². The van der Waals surface area contributed by atoms with Crippen molar-refractivity contribution in [3.8, 4) is 0 Å². The molecule has 0 aliphatic heterocycles. The number of rotatable bonds is 76. The van der Waals surface area contributed by atoms with Crippen molar-refractivity contribution in [2.75, 3.05) is 39.6 Å². The van der Waals surface area contributed by atoms with E-state index in [1.807, 2.05) is 0 Å². The molecule has 0 aromatic carbocycles. The molecule has 0 heterocycles. The summed E-state index contributed by atoms with van der Waals surface area (Å²) in [4.78, 5) is 72.9. The van der Waals surface area contributed by atoms with Crippen LogP contribution in [0.15, 0.2) is 0 Å². The molecule has 0 aromatic heterocycles. The zero-order valence-corrected chi connectivity index (χ0v) is 64.5. The summed E-state index contributed by atoms with van der Waals surface area (Å²) in [6.07, 6.45) is 56.8. The molecule has 0 aromatic rings. The predicted molar refractivity (Wildman–Crippen MR) is 391 cm³/mol. The predicted octanol–water partition coefficient (Wildman–Crippen LogP) is 22.7. The Balaban J connectivity index is 5.25. The van der Waals surface area contributed by atoms with Crippen LogP contribution < -0.4 is 0 Å². The Morgan fingerprint density at radius 2 is 0.531 bits per heavy atom. The van der Waals surface area contributed by atoms with Gasteiger partial charge in [-0.2, -0.15) is 0 Å². The molecule has 6 atom stereocenters. The standard InChI is InChI=1S/C77H150O17P2/c1-7-10-12-14-16-18-20-22-24-29-32-36-40-47-53-59-74(79)87-65-72(93-76(81)62-56-50-42-38-34-30-26-23-25-28-31-35-39-45-51-57-69(4)5)67-91-95(83,84)89-63-71(78)64-90-96(85,86)92-68-73(66-88-75(80)60-54-48-44-43-46-52-58-70(6)9-3)94-77(82)61-55-49-41-37-33-27-21-19-17-15-13-11-8-2/h69-73,78H,7-68H2,1-6H3,(H,83,84)(H,85,86)/t70?,71-,72-,73-/m1/s1. The number of phosphoric ester groups is 2. The third kappa shape index (κ3) is 69.2. The summed E-state index contributed by atoms with van der Waals surface area (Å²) in [5, 5.41) is 10.6. The van der Waals surface area contributed by atoms with Crippen LogP contribution in [0.1, 0.15) is 401 Å². The molecular weight excluding hydrogens is 1260 g/mol. The Kier molecular flexibility index (Phi) is 67.4. The largest absolute Gasteiger partial charge is 0.472 e. The number of carbonyl (C=O) groups excluding carboxylic acids is 4. The minimum Gasteiger partial charge on any atom is -0.462 e. The zero-order valence-electron chi connectivity index (χ0n) is 62.7. The monoisotopic (exact) mass is 1410 g/mol. The maximum atomic E-state index is 13.1. The van der Waals surface area contributed by atoms with Gasteiger partial charge in [0.2, 0.25) is 0 Å². The van der Waals surface area contributed by atoms with E-state index in [1.54, 1.807) is 0 Å². The van der Waals surface area contributed by atoms with Crippen LogP contribution in [-0.4, -0.2) is 96.7 Å². The number of carbonyl (C=O) groups is 4. The van der Waals surface area contributed by atoms with Crippen molar-refractivity contribution < 1.29 is 80.2 Å². The molecule has 0 spiro atoms. The lowest BCUT2D eigenvalue weighted by atomic mass is 10.00. The fourth-order valence-electron chi connectivity index (χ4n) is 11.8. The third-order valence-electron chi connectivity index (χ3n) is 18.3. The molecule has 96 heavy (non-hydrogen) atoms. The van der Waals surface area contributed by atoms with Crippen molar-refractivity contribution in [3.63, 3.8) is 0 Å². The van der Waals surface area contributed by atoms with Gasteiger partial charge in [-0.25, -0.2) is 9.13 Å². The molecule has 570 valence electrons. The van der Waals surface area contributed by atoms with E-state index in [9.17, 15) is 43.2 Å². The second kappa shape index (κ2) is 68.8. The van der Waals surface area contributed by atoms with Gasteiger partial charge in [-0.05, 0) is 37.5 Å². The summed E-state index contributed by atoms with van der Waals surface area (Å²) >= 11 is 0. The minimum absolute atomic E-state index is 0.107. The summed E-state index contributed by atoms with van der Waals surface area (Å²) in [6.45, 7) is 9.60. The van der Waals surface area contributed by atoms with Crippen LogP contribution >= 0.6 is 15.6 Å². The number of aliphatic hydroxyl groups excluding tert-OH is 1. The van der Waals surface area contributed by atoms with Crippen molar-refractivity contribution in [2.24, 2.45) is 11.8 Å². The van der Waals surface area contributed by atoms with E-state index in [2.05, 4.69) is 41.5 Å². The SMILES string of the molecule is CCCCCCCCCCCCCCCCCC(=O)OC[C@H](COP(=O)(O)OC[C@@H](O)COP(=O)(O)OC[C@@H](COC(=O)CCCCCCCCC(C)CC)OC(=O)CCCCCCCCCCCCCCC)OC(=O)CCCCCCCCCCCCCCCCCC(C)C. The van der Waals surface area contributed by atoms with E-state index in [0.717, 1.165) is 108 Å². The molecule has 17 nitrogen and oxygen atoms in total. The van der Waals surface area contributed by atoms with Gasteiger partial charge in [0.05, 0.1) is 26.4 Å². The molecule has 0 aliphatic rings. The second-order valence-corrected chi connectivity index (χ2v) is 31.4. The molecule has 0 bridgehead atoms. The highest BCUT2D eigenvalue weighted by molar-refractivity contribution is 7.47. The van der Waals surface area contributed by atoms with Gasteiger partial charge in [-0.15, -0.1) is 0 Å². The summed E-state index contributed by atoms with van der Waals surface area (Å²) < 4.78 is 68.6. The van der Waals surface area contributed by atoms with E-state index in [4.69, 9.17) is 37.0 Å². The number of esters is 4. The fraction of sp³-hybridized carbons (Fsp3) is 0.948. The molecule has 0 saturated carbocycles. The highest BCUT2D eigenvalue weighted by Crippen LogP contribution is 2.45. The Morgan fingerprint density at radius 1 is 0.302 bits per heavy atom. The van der Waals surface area contributed by atoms with Crippen molar-refractivity contribution >= 4 is 39.5 Å². The first-order valence-corrected chi connectivity index (χ1v) is 43.0. The Bertz CT molecular complexity index is 1860. The van der Waals surface area contributed by atoms with Crippen molar-refractivity contribution in [1.82, 2.24) is 0 Å². The molecule has 19 heteroatoms. The molecule has 0 saturated heterocycles. The number of hydrogen-bond donors (Lipinski definition) is 3. The summed E-state index contributed by atoms with van der Waals surface area (Å²) in [5.41, 5.74) is 0. The van der Waals surface area contributed by atoms with Crippen molar-refractivity contribution in [1.29, 1.82) is 0 Å². The van der Waals surface area contributed by atoms with Gasteiger partial charge in [0.1, 0.15) is 19.3 Å². The van der Waals surface area contributed by atoms with E-state index in [1.165, 1.54) is 212 Å². The van der Waals surface area contributed by atoms with Gasteiger partial charge in [0.25, 0.3) is 0 Å². The minimum atomic E-state index is -4.96. The van der Waals surface area contributed by atoms with Crippen molar-refractivity contribution in [3.05, 3.63) is 0 Å². The van der Waals surface area contributed by atoms with Gasteiger partial charge in [-0.1, -0.05) is 350 Å². The van der Waals surface area contributed by atoms with E-state index in [0.29, 0.717) is 25.7 Å². The first-order valence-electron chi connectivity index (χ1n) is 40.0. The Labute approximate surface area is 588 Å². The van der Waals surface area contributed by atoms with Crippen LogP contribution in [0.25, 0.3) is 0 Å². The van der Waals surface area contributed by atoms with Crippen LogP contribution in [-0.2, 0) is 65.4 Å². The molecule has 0 rings (SSSR count). The number of hydrogen-bond acceptors (Lipinski definition) is 15. The number of ether oxygens (including phenoxy) is 4. The third-order valence-corrected chi connectivity index (χ3v) is 20.2. The highest BCUT2D eigenvalue weighted by atomic mass is 31.2. The highest BCUT2D eigenvalue weighted by Gasteiger charge is 2.30. The van der Waals surface area contributed by atoms with Crippen LogP contribution in [0.2, 0.25) is 0 Å². The van der Waals surface area contributed by atoms with Gasteiger partial charge in [0, 0.05) is 25.7 Å². The summed E-state index contributed by atoms with van der Waals surface area (Å²) in [6, 6.07) is 0. The van der Waals surface area contributed by atoms with Crippen LogP contribution in [0.4, 0.5) is 0 Å².